The Hall–Kier alpha value is -2.90. The van der Waals surface area contributed by atoms with Crippen molar-refractivity contribution in [3.8, 4) is 5.75 Å². The summed E-state index contributed by atoms with van der Waals surface area (Å²) >= 11 is 0. The van der Waals surface area contributed by atoms with Crippen LogP contribution in [0.5, 0.6) is 5.75 Å². The molecule has 1 saturated heterocycles. The van der Waals surface area contributed by atoms with E-state index in [0.29, 0.717) is 30.0 Å². The van der Waals surface area contributed by atoms with Gasteiger partial charge in [-0.1, -0.05) is 30.3 Å². The van der Waals surface area contributed by atoms with Crippen molar-refractivity contribution >= 4 is 11.8 Å². The maximum atomic E-state index is 12.9. The van der Waals surface area contributed by atoms with Crippen LogP contribution >= 0.6 is 0 Å². The third kappa shape index (κ3) is 4.89. The van der Waals surface area contributed by atoms with Crippen LogP contribution in [0.1, 0.15) is 57.0 Å². The highest BCUT2D eigenvalue weighted by atomic mass is 16.7. The normalized spacial score (nSPS) is 18.2. The predicted molar refractivity (Wildman–Crippen MR) is 115 cm³/mol. The SMILES string of the molecule is CNC(=O)c1cc(C(=O)NCCCC2OCCCO2)cc2c1OC[C@H]2c1ccccc1. The molecule has 2 aliphatic rings. The first-order chi connectivity index (χ1) is 15.2. The van der Waals surface area contributed by atoms with Crippen LogP contribution in [-0.2, 0) is 9.47 Å². The average Bonchev–Trinajstić information content (AvgIpc) is 3.26. The van der Waals surface area contributed by atoms with Gasteiger partial charge in [0.1, 0.15) is 5.75 Å². The van der Waals surface area contributed by atoms with E-state index in [4.69, 9.17) is 14.2 Å². The maximum absolute atomic E-state index is 12.9. The molecule has 2 aromatic rings. The number of carbonyl (C=O) groups is 2. The second kappa shape index (κ2) is 9.94. The quantitative estimate of drug-likeness (QED) is 0.668. The smallest absolute Gasteiger partial charge is 0.254 e. The van der Waals surface area contributed by atoms with E-state index in [1.54, 1.807) is 13.1 Å². The summed E-state index contributed by atoms with van der Waals surface area (Å²) in [7, 11) is 1.57. The number of benzene rings is 2. The fraction of sp³-hybridized carbons (Fsp3) is 0.417. The van der Waals surface area contributed by atoms with Crippen LogP contribution in [-0.4, -0.2) is 51.5 Å². The first kappa shape index (κ1) is 21.3. The molecule has 0 spiro atoms. The number of hydrogen-bond acceptors (Lipinski definition) is 5. The number of rotatable bonds is 7. The van der Waals surface area contributed by atoms with Gasteiger partial charge in [0.15, 0.2) is 6.29 Å². The van der Waals surface area contributed by atoms with E-state index in [1.165, 1.54) is 0 Å². The van der Waals surface area contributed by atoms with Gasteiger partial charge in [0, 0.05) is 37.1 Å². The fourth-order valence-electron chi connectivity index (χ4n) is 4.00. The minimum Gasteiger partial charge on any atom is -0.491 e. The molecule has 4 rings (SSSR count). The van der Waals surface area contributed by atoms with E-state index < -0.39 is 0 Å². The lowest BCUT2D eigenvalue weighted by Crippen LogP contribution is -2.28. The molecule has 2 aromatic carbocycles. The Kier molecular flexibility index (Phi) is 6.84. The number of amides is 2. The molecule has 0 aromatic heterocycles. The number of ether oxygens (including phenoxy) is 3. The molecular formula is C24H28N2O5. The Morgan fingerprint density at radius 3 is 2.58 bits per heavy atom. The van der Waals surface area contributed by atoms with E-state index in [1.807, 2.05) is 36.4 Å². The molecule has 0 bridgehead atoms. The van der Waals surface area contributed by atoms with Gasteiger partial charge in [-0.15, -0.1) is 0 Å². The van der Waals surface area contributed by atoms with Crippen molar-refractivity contribution in [1.29, 1.82) is 0 Å². The van der Waals surface area contributed by atoms with Crippen molar-refractivity contribution in [2.24, 2.45) is 0 Å². The number of fused-ring (bicyclic) bond motifs is 1. The molecule has 2 heterocycles. The molecule has 2 aliphatic heterocycles. The molecular weight excluding hydrogens is 396 g/mol. The molecule has 2 amide bonds. The van der Waals surface area contributed by atoms with Crippen LogP contribution in [0.4, 0.5) is 0 Å². The van der Waals surface area contributed by atoms with Crippen molar-refractivity contribution < 1.29 is 23.8 Å². The van der Waals surface area contributed by atoms with Crippen LogP contribution in [0, 0.1) is 0 Å². The zero-order valence-electron chi connectivity index (χ0n) is 17.7. The highest BCUT2D eigenvalue weighted by Gasteiger charge is 2.31. The molecule has 0 aliphatic carbocycles. The van der Waals surface area contributed by atoms with Gasteiger partial charge in [-0.25, -0.2) is 0 Å². The summed E-state index contributed by atoms with van der Waals surface area (Å²) in [5, 5.41) is 5.59. The van der Waals surface area contributed by atoms with Crippen LogP contribution in [0.15, 0.2) is 42.5 Å². The van der Waals surface area contributed by atoms with Crippen LogP contribution in [0.25, 0.3) is 0 Å². The Morgan fingerprint density at radius 2 is 1.84 bits per heavy atom. The van der Waals surface area contributed by atoms with Crippen molar-refractivity contribution in [3.63, 3.8) is 0 Å². The molecule has 31 heavy (non-hydrogen) atoms. The summed E-state index contributed by atoms with van der Waals surface area (Å²) in [5.41, 5.74) is 2.79. The second-order valence-corrected chi connectivity index (χ2v) is 7.72. The zero-order valence-corrected chi connectivity index (χ0v) is 17.7. The monoisotopic (exact) mass is 424 g/mol. The second-order valence-electron chi connectivity index (χ2n) is 7.72. The topological polar surface area (TPSA) is 85.9 Å². The van der Waals surface area contributed by atoms with Crippen LogP contribution in [0.2, 0.25) is 0 Å². The van der Waals surface area contributed by atoms with E-state index in [9.17, 15) is 9.59 Å². The Bertz CT molecular complexity index is 925. The van der Waals surface area contributed by atoms with Gasteiger partial charge < -0.3 is 24.8 Å². The molecule has 0 unspecified atom stereocenters. The largest absolute Gasteiger partial charge is 0.491 e. The summed E-state index contributed by atoms with van der Waals surface area (Å²) in [6.45, 7) is 2.39. The molecule has 164 valence electrons. The van der Waals surface area contributed by atoms with Gasteiger partial charge in [0.25, 0.3) is 11.8 Å². The van der Waals surface area contributed by atoms with E-state index in [0.717, 1.165) is 43.6 Å². The van der Waals surface area contributed by atoms with Crippen molar-refractivity contribution in [1.82, 2.24) is 10.6 Å². The molecule has 0 saturated carbocycles. The van der Waals surface area contributed by atoms with Gasteiger partial charge in [-0.05, 0) is 30.5 Å². The minimum absolute atomic E-state index is 0.0204. The highest BCUT2D eigenvalue weighted by Crippen LogP contribution is 2.41. The summed E-state index contributed by atoms with van der Waals surface area (Å²) in [6.07, 6.45) is 2.22. The third-order valence-corrected chi connectivity index (χ3v) is 5.62. The molecule has 0 radical (unpaired) electrons. The Labute approximate surface area is 182 Å². The fourth-order valence-corrected chi connectivity index (χ4v) is 4.00. The van der Waals surface area contributed by atoms with E-state index in [2.05, 4.69) is 10.6 Å². The zero-order chi connectivity index (χ0) is 21.6. The molecule has 7 heteroatoms. The summed E-state index contributed by atoms with van der Waals surface area (Å²) in [6, 6.07) is 13.4. The number of hydrogen-bond donors (Lipinski definition) is 2. The molecule has 7 nitrogen and oxygen atoms in total. The van der Waals surface area contributed by atoms with Gasteiger partial charge in [0.05, 0.1) is 25.4 Å². The molecule has 2 N–H and O–H groups in total. The number of carbonyl (C=O) groups excluding carboxylic acids is 2. The van der Waals surface area contributed by atoms with Crippen LogP contribution in [0.3, 0.4) is 0 Å². The first-order valence-corrected chi connectivity index (χ1v) is 10.8. The minimum atomic E-state index is -0.272. The van der Waals surface area contributed by atoms with Gasteiger partial charge >= 0.3 is 0 Å². The number of nitrogens with one attached hydrogen (secondary N) is 2. The summed E-state index contributed by atoms with van der Waals surface area (Å²) in [5.74, 6) is 0.0488. The highest BCUT2D eigenvalue weighted by molar-refractivity contribution is 6.02. The van der Waals surface area contributed by atoms with Gasteiger partial charge in [0.2, 0.25) is 0 Å². The molecule has 1 fully saturated rings. The lowest BCUT2D eigenvalue weighted by molar-refractivity contribution is -0.181. The third-order valence-electron chi connectivity index (χ3n) is 5.62. The summed E-state index contributed by atoms with van der Waals surface area (Å²) in [4.78, 5) is 25.3. The van der Waals surface area contributed by atoms with Crippen molar-refractivity contribution in [2.45, 2.75) is 31.5 Å². The lowest BCUT2D eigenvalue weighted by atomic mass is 9.90. The summed E-state index contributed by atoms with van der Waals surface area (Å²) < 4.78 is 17.0. The lowest BCUT2D eigenvalue weighted by Gasteiger charge is -2.23. The van der Waals surface area contributed by atoms with E-state index in [-0.39, 0.29) is 24.0 Å². The van der Waals surface area contributed by atoms with Gasteiger partial charge in [-0.3, -0.25) is 9.59 Å². The Morgan fingerprint density at radius 1 is 1.06 bits per heavy atom. The Balaban J connectivity index is 1.49. The van der Waals surface area contributed by atoms with Crippen molar-refractivity contribution in [2.75, 3.05) is 33.4 Å². The predicted octanol–water partition coefficient (Wildman–Crippen LogP) is 2.84. The molecule has 1 atom stereocenters. The van der Waals surface area contributed by atoms with Crippen LogP contribution < -0.4 is 15.4 Å². The van der Waals surface area contributed by atoms with Gasteiger partial charge in [-0.2, -0.15) is 0 Å². The van der Waals surface area contributed by atoms with E-state index >= 15 is 0 Å². The first-order valence-electron chi connectivity index (χ1n) is 10.8. The average molecular weight is 424 g/mol. The maximum Gasteiger partial charge on any atom is 0.254 e. The standard InChI is InChI=1S/C24H28N2O5/c1-25-24(28)19-14-17(23(27)26-10-5-9-21-29-11-6-12-30-21)13-18-20(15-31-22(18)19)16-7-3-2-4-8-16/h2-4,7-8,13-14,20-21H,5-6,9-12,15H2,1H3,(H,25,28)(H,26,27)/t20-/m0/s1. The van der Waals surface area contributed by atoms with Crippen molar-refractivity contribution in [3.05, 3.63) is 64.7 Å².